The van der Waals surface area contributed by atoms with Crippen molar-refractivity contribution in [1.29, 1.82) is 0 Å². The molecule has 6 heteroatoms. The predicted molar refractivity (Wildman–Crippen MR) is 265 cm³/mol. The van der Waals surface area contributed by atoms with Gasteiger partial charge in [0, 0.05) is 19.3 Å². The third-order valence-corrected chi connectivity index (χ3v) is 10.9. The Morgan fingerprint density at radius 2 is 0.629 bits per heavy atom. The second kappa shape index (κ2) is 50.5. The lowest BCUT2D eigenvalue weighted by atomic mass is 10.1. The van der Waals surface area contributed by atoms with Crippen molar-refractivity contribution in [1.82, 2.24) is 0 Å². The maximum Gasteiger partial charge on any atom is 0.306 e. The maximum atomic E-state index is 12.8. The molecule has 0 aliphatic carbocycles. The smallest absolute Gasteiger partial charge is 0.306 e. The molecule has 0 rings (SSSR count). The van der Waals surface area contributed by atoms with Crippen molar-refractivity contribution in [3.8, 4) is 0 Å². The van der Waals surface area contributed by atoms with E-state index in [4.69, 9.17) is 14.2 Å². The number of carbonyl (C=O) groups excluding carboxylic acids is 3. The highest BCUT2D eigenvalue weighted by atomic mass is 16.6. The molecule has 0 aromatic rings. The largest absolute Gasteiger partial charge is 0.462 e. The molecular formula is C56H96O6. The number of rotatable bonds is 46. The third-order valence-electron chi connectivity index (χ3n) is 10.9. The van der Waals surface area contributed by atoms with Crippen molar-refractivity contribution in [2.24, 2.45) is 0 Å². The lowest BCUT2D eigenvalue weighted by Crippen LogP contribution is -2.30. The van der Waals surface area contributed by atoms with Gasteiger partial charge in [-0.25, -0.2) is 0 Å². The van der Waals surface area contributed by atoms with Gasteiger partial charge in [0.25, 0.3) is 0 Å². The summed E-state index contributed by atoms with van der Waals surface area (Å²) in [6.45, 7) is 6.38. The first kappa shape index (κ1) is 58.9. The molecule has 1 unspecified atom stereocenters. The molecule has 0 aliphatic heterocycles. The molecule has 62 heavy (non-hydrogen) atoms. The van der Waals surface area contributed by atoms with Crippen LogP contribution in [0.4, 0.5) is 0 Å². The Bertz CT molecular complexity index is 1180. The van der Waals surface area contributed by atoms with Crippen LogP contribution in [0.5, 0.6) is 0 Å². The Labute approximate surface area is 382 Å². The Hall–Kier alpha value is -3.15. The first-order valence-electron chi connectivity index (χ1n) is 25.9. The Morgan fingerprint density at radius 1 is 0.339 bits per heavy atom. The molecule has 0 spiro atoms. The first-order valence-corrected chi connectivity index (χ1v) is 25.9. The molecule has 0 fully saturated rings. The molecule has 6 nitrogen and oxygen atoms in total. The normalized spacial score (nSPS) is 12.6. The van der Waals surface area contributed by atoms with E-state index in [1.165, 1.54) is 83.5 Å². The molecule has 0 aliphatic rings. The van der Waals surface area contributed by atoms with E-state index in [1.807, 2.05) is 0 Å². The maximum absolute atomic E-state index is 12.8. The van der Waals surface area contributed by atoms with E-state index in [2.05, 4.69) is 93.7 Å². The van der Waals surface area contributed by atoms with E-state index in [-0.39, 0.29) is 31.1 Å². The van der Waals surface area contributed by atoms with Crippen molar-refractivity contribution in [3.05, 3.63) is 72.9 Å². The summed E-state index contributed by atoms with van der Waals surface area (Å²) in [4.78, 5) is 37.9. The van der Waals surface area contributed by atoms with Crippen LogP contribution in [0.3, 0.4) is 0 Å². The molecule has 0 aromatic carbocycles. The summed E-state index contributed by atoms with van der Waals surface area (Å²) in [5, 5.41) is 0. The van der Waals surface area contributed by atoms with Crippen LogP contribution in [0.15, 0.2) is 72.9 Å². The zero-order chi connectivity index (χ0) is 45.1. The summed E-state index contributed by atoms with van der Waals surface area (Å²) in [5.74, 6) is -0.924. The topological polar surface area (TPSA) is 78.9 Å². The molecule has 0 radical (unpaired) electrons. The Kier molecular flexibility index (Phi) is 47.9. The zero-order valence-corrected chi connectivity index (χ0v) is 40.6. The molecule has 0 bridgehead atoms. The fourth-order valence-corrected chi connectivity index (χ4v) is 7.08. The number of carbonyl (C=O) groups is 3. The van der Waals surface area contributed by atoms with Gasteiger partial charge in [-0.15, -0.1) is 0 Å². The number of allylic oxidation sites excluding steroid dienone is 12. The van der Waals surface area contributed by atoms with Gasteiger partial charge in [0.2, 0.25) is 0 Å². The van der Waals surface area contributed by atoms with Crippen molar-refractivity contribution in [2.45, 2.75) is 252 Å². The molecule has 0 saturated carbocycles. The van der Waals surface area contributed by atoms with Crippen molar-refractivity contribution in [2.75, 3.05) is 13.2 Å². The zero-order valence-electron chi connectivity index (χ0n) is 40.6. The average molecular weight is 865 g/mol. The fourth-order valence-electron chi connectivity index (χ4n) is 7.08. The lowest BCUT2D eigenvalue weighted by molar-refractivity contribution is -0.167. The van der Waals surface area contributed by atoms with Gasteiger partial charge in [0.05, 0.1) is 0 Å². The van der Waals surface area contributed by atoms with Gasteiger partial charge in [-0.05, 0) is 103 Å². The van der Waals surface area contributed by atoms with Crippen LogP contribution in [0.2, 0.25) is 0 Å². The highest BCUT2D eigenvalue weighted by molar-refractivity contribution is 5.71. The summed E-state index contributed by atoms with van der Waals surface area (Å²) in [6, 6.07) is 0. The lowest BCUT2D eigenvalue weighted by Gasteiger charge is -2.18. The van der Waals surface area contributed by atoms with Gasteiger partial charge < -0.3 is 14.2 Å². The van der Waals surface area contributed by atoms with Crippen LogP contribution in [0.25, 0.3) is 0 Å². The van der Waals surface area contributed by atoms with Gasteiger partial charge in [-0.2, -0.15) is 0 Å². The highest BCUT2D eigenvalue weighted by Crippen LogP contribution is 2.14. The van der Waals surface area contributed by atoms with Crippen LogP contribution >= 0.6 is 0 Å². The molecule has 0 saturated heterocycles. The van der Waals surface area contributed by atoms with Gasteiger partial charge in [-0.3, -0.25) is 14.4 Å². The molecule has 356 valence electrons. The second-order valence-corrected chi connectivity index (χ2v) is 17.0. The van der Waals surface area contributed by atoms with Gasteiger partial charge in [-0.1, -0.05) is 196 Å². The highest BCUT2D eigenvalue weighted by Gasteiger charge is 2.19. The van der Waals surface area contributed by atoms with E-state index >= 15 is 0 Å². The van der Waals surface area contributed by atoms with Crippen LogP contribution in [-0.4, -0.2) is 37.2 Å². The number of esters is 3. The molecule has 1 atom stereocenters. The van der Waals surface area contributed by atoms with E-state index in [0.717, 1.165) is 122 Å². The van der Waals surface area contributed by atoms with Crippen molar-refractivity contribution >= 4 is 17.9 Å². The van der Waals surface area contributed by atoms with E-state index in [9.17, 15) is 14.4 Å². The number of hydrogen-bond acceptors (Lipinski definition) is 6. The quantitative estimate of drug-likeness (QED) is 0.0262. The van der Waals surface area contributed by atoms with E-state index in [0.29, 0.717) is 19.3 Å². The van der Waals surface area contributed by atoms with E-state index in [1.54, 1.807) is 0 Å². The minimum Gasteiger partial charge on any atom is -0.462 e. The standard InChI is InChI=1S/C56H96O6/c1-4-7-10-13-16-19-22-25-26-27-28-29-30-32-34-37-40-43-46-49-55(58)61-52-53(51-60-54(57)48-45-42-39-36-33-24-21-18-15-12-9-6-3)62-56(59)50-47-44-41-38-35-31-23-20-17-14-11-8-5-2/h7,9-10,12,16,18-19,21,25-26,31,35,53H,4-6,8,11,13-15,17,20,22-24,27-30,32-34,36-52H2,1-3H3/b10-7-,12-9-,19-16-,21-18-,26-25-,35-31-. The molecule has 0 amide bonds. The average Bonchev–Trinajstić information content (AvgIpc) is 3.27. The molecule has 0 heterocycles. The Morgan fingerprint density at radius 3 is 1.02 bits per heavy atom. The van der Waals surface area contributed by atoms with Crippen LogP contribution < -0.4 is 0 Å². The minimum atomic E-state index is -0.790. The monoisotopic (exact) mass is 865 g/mol. The SMILES string of the molecule is CC/C=C\C/C=C\C/C=C\CCCCCCCCCCCC(=O)OCC(COC(=O)CCCCCCC/C=C\C/C=C\CC)OC(=O)CCCCC/C=C\CCCCCCCC. The van der Waals surface area contributed by atoms with Gasteiger partial charge in [0.15, 0.2) is 6.10 Å². The van der Waals surface area contributed by atoms with E-state index < -0.39 is 6.10 Å². The Balaban J connectivity index is 4.37. The first-order chi connectivity index (χ1) is 30.5. The van der Waals surface area contributed by atoms with Gasteiger partial charge in [0.1, 0.15) is 13.2 Å². The number of ether oxygens (including phenoxy) is 3. The van der Waals surface area contributed by atoms with Crippen molar-refractivity contribution in [3.63, 3.8) is 0 Å². The van der Waals surface area contributed by atoms with Crippen molar-refractivity contribution < 1.29 is 28.6 Å². The third kappa shape index (κ3) is 47.9. The van der Waals surface area contributed by atoms with Gasteiger partial charge >= 0.3 is 17.9 Å². The summed E-state index contributed by atoms with van der Waals surface area (Å²) >= 11 is 0. The second-order valence-electron chi connectivity index (χ2n) is 17.0. The number of unbranched alkanes of at least 4 members (excludes halogenated alkanes) is 23. The summed E-state index contributed by atoms with van der Waals surface area (Å²) < 4.78 is 16.8. The van der Waals surface area contributed by atoms with Crippen LogP contribution in [0.1, 0.15) is 245 Å². The van der Waals surface area contributed by atoms with Crippen LogP contribution in [0, 0.1) is 0 Å². The van der Waals surface area contributed by atoms with Crippen LogP contribution in [-0.2, 0) is 28.6 Å². The molecule has 0 aromatic heterocycles. The summed E-state index contributed by atoms with van der Waals surface area (Å²) in [5.41, 5.74) is 0. The predicted octanol–water partition coefficient (Wildman–Crippen LogP) is 17.0. The fraction of sp³-hybridized carbons (Fsp3) is 0.732. The summed E-state index contributed by atoms with van der Waals surface area (Å²) in [6.07, 6.45) is 63.2. The number of hydrogen-bond donors (Lipinski definition) is 0. The molecular weight excluding hydrogens is 769 g/mol. The summed E-state index contributed by atoms with van der Waals surface area (Å²) in [7, 11) is 0. The molecule has 0 N–H and O–H groups in total. The minimum absolute atomic E-state index is 0.0889.